The minimum Gasteiger partial charge on any atom is -0.373 e. The summed E-state index contributed by atoms with van der Waals surface area (Å²) < 4.78 is 1.02. The molecule has 1 heterocycles. The molecule has 0 atom stereocenters. The van der Waals surface area contributed by atoms with E-state index in [2.05, 4.69) is 15.7 Å². The number of carbonyl (C=O) groups excluding carboxylic acids is 1. The van der Waals surface area contributed by atoms with Crippen LogP contribution < -0.4 is 16.2 Å². The lowest BCUT2D eigenvalue weighted by molar-refractivity contribution is -0.384. The van der Waals surface area contributed by atoms with Gasteiger partial charge in [-0.1, -0.05) is 25.4 Å². The number of hydrogen-bond donors (Lipinski definition) is 2. The predicted molar refractivity (Wildman–Crippen MR) is 97.8 cm³/mol. The van der Waals surface area contributed by atoms with Gasteiger partial charge in [-0.15, -0.1) is 0 Å². The van der Waals surface area contributed by atoms with Crippen LogP contribution in [0.3, 0.4) is 0 Å². The Hall–Kier alpha value is -2.94. The molecule has 0 saturated carbocycles. The smallest absolute Gasteiger partial charge is 0.292 e. The van der Waals surface area contributed by atoms with Crippen LogP contribution in [0.1, 0.15) is 13.8 Å². The van der Waals surface area contributed by atoms with Crippen molar-refractivity contribution in [2.45, 2.75) is 13.8 Å². The van der Waals surface area contributed by atoms with Crippen molar-refractivity contribution < 1.29 is 9.72 Å². The highest BCUT2D eigenvalue weighted by Crippen LogP contribution is 2.18. The number of anilines is 1. The highest BCUT2D eigenvalue weighted by molar-refractivity contribution is 6.33. The summed E-state index contributed by atoms with van der Waals surface area (Å²) in [7, 11) is 0. The van der Waals surface area contributed by atoms with Gasteiger partial charge in [-0.05, 0) is 18.1 Å². The maximum Gasteiger partial charge on any atom is 0.292 e. The average Bonchev–Trinajstić information content (AvgIpc) is 2.61. The van der Waals surface area contributed by atoms with Crippen molar-refractivity contribution in [2.24, 2.45) is 5.92 Å². The molecular weight excluding hydrogens is 362 g/mol. The minimum atomic E-state index is -0.604. The van der Waals surface area contributed by atoms with E-state index in [0.717, 1.165) is 4.68 Å². The first kappa shape index (κ1) is 19.4. The average molecular weight is 380 g/mol. The molecule has 26 heavy (non-hydrogen) atoms. The Morgan fingerprint density at radius 2 is 2.00 bits per heavy atom. The molecule has 0 aliphatic heterocycles. The quantitative estimate of drug-likeness (QED) is 0.560. The molecule has 1 amide bonds. The number of amides is 1. The topological polar surface area (TPSA) is 119 Å². The molecule has 0 unspecified atom stereocenters. The number of non-ortho nitro benzene ring substituents is 1. The van der Waals surface area contributed by atoms with E-state index in [-0.39, 0.29) is 28.8 Å². The van der Waals surface area contributed by atoms with Crippen molar-refractivity contribution in [3.8, 4) is 5.69 Å². The summed E-state index contributed by atoms with van der Waals surface area (Å²) in [6, 6.07) is 5.33. The number of benzene rings is 1. The van der Waals surface area contributed by atoms with E-state index in [1.54, 1.807) is 0 Å². The molecule has 1 aromatic heterocycles. The Bertz CT molecular complexity index is 864. The summed E-state index contributed by atoms with van der Waals surface area (Å²) in [6.45, 7) is 4.46. The second kappa shape index (κ2) is 8.43. The molecule has 10 heteroatoms. The van der Waals surface area contributed by atoms with Gasteiger partial charge in [0.15, 0.2) is 0 Å². The van der Waals surface area contributed by atoms with Gasteiger partial charge in [0.25, 0.3) is 11.2 Å². The van der Waals surface area contributed by atoms with Crippen molar-refractivity contribution in [1.82, 2.24) is 15.1 Å². The number of nitro groups is 1. The number of nitrogens with one attached hydrogen (secondary N) is 2. The number of rotatable bonds is 7. The predicted octanol–water partition coefficient (Wildman–Crippen LogP) is 1.98. The highest BCUT2D eigenvalue weighted by Gasteiger charge is 2.13. The van der Waals surface area contributed by atoms with Gasteiger partial charge < -0.3 is 10.6 Å². The van der Waals surface area contributed by atoms with Crippen molar-refractivity contribution >= 4 is 28.9 Å². The third-order valence-corrected chi connectivity index (χ3v) is 3.74. The Morgan fingerprint density at radius 3 is 2.58 bits per heavy atom. The zero-order chi connectivity index (χ0) is 19.3. The molecule has 0 aliphatic carbocycles. The Balaban J connectivity index is 2.14. The molecule has 2 rings (SSSR count). The second-order valence-corrected chi connectivity index (χ2v) is 6.29. The fraction of sp³-hybridized carbons (Fsp3) is 0.312. The third kappa shape index (κ3) is 4.79. The van der Waals surface area contributed by atoms with E-state index in [1.807, 2.05) is 13.8 Å². The molecule has 0 bridgehead atoms. The second-order valence-electron chi connectivity index (χ2n) is 5.91. The summed E-state index contributed by atoms with van der Waals surface area (Å²) in [6.07, 6.45) is 1.32. The number of hydrogen-bond acceptors (Lipinski definition) is 6. The number of carbonyl (C=O) groups is 1. The fourth-order valence-electron chi connectivity index (χ4n) is 2.01. The van der Waals surface area contributed by atoms with Gasteiger partial charge in [-0.25, -0.2) is 0 Å². The fourth-order valence-corrected chi connectivity index (χ4v) is 2.21. The molecule has 9 nitrogen and oxygen atoms in total. The van der Waals surface area contributed by atoms with Crippen LogP contribution in [0.5, 0.6) is 0 Å². The van der Waals surface area contributed by atoms with Crippen LogP contribution in [-0.4, -0.2) is 33.7 Å². The maximum atomic E-state index is 12.4. The minimum absolute atomic E-state index is 0.0465. The maximum absolute atomic E-state index is 12.4. The molecule has 0 saturated heterocycles. The number of halogens is 1. The summed E-state index contributed by atoms with van der Waals surface area (Å²) in [4.78, 5) is 34.2. The first-order valence-electron chi connectivity index (χ1n) is 7.83. The van der Waals surface area contributed by atoms with Crippen LogP contribution in [0.2, 0.25) is 5.02 Å². The molecule has 2 N–H and O–H groups in total. The standard InChI is InChI=1S/C16H18ClN5O4/c1-10(2)7-19-14(23)9-18-13-8-20-21(16(24)15(13)17)11-3-5-12(6-4-11)22(25)26/h3-6,8,10,18H,7,9H2,1-2H3,(H,19,23). The zero-order valence-electron chi connectivity index (χ0n) is 14.2. The van der Waals surface area contributed by atoms with Crippen molar-refractivity contribution in [3.63, 3.8) is 0 Å². The number of nitro benzene ring substituents is 1. The summed E-state index contributed by atoms with van der Waals surface area (Å²) in [5, 5.41) is 20.1. The molecule has 138 valence electrons. The van der Waals surface area contributed by atoms with Crippen molar-refractivity contribution in [1.29, 1.82) is 0 Å². The highest BCUT2D eigenvalue weighted by atomic mass is 35.5. The largest absolute Gasteiger partial charge is 0.373 e. The van der Waals surface area contributed by atoms with Gasteiger partial charge in [-0.3, -0.25) is 19.7 Å². The lowest BCUT2D eigenvalue weighted by Crippen LogP contribution is -2.33. The van der Waals surface area contributed by atoms with Crippen LogP contribution in [0.25, 0.3) is 5.69 Å². The van der Waals surface area contributed by atoms with Gasteiger partial charge in [0.2, 0.25) is 5.91 Å². The summed E-state index contributed by atoms with van der Waals surface area (Å²) >= 11 is 6.07. The van der Waals surface area contributed by atoms with Gasteiger partial charge in [0, 0.05) is 18.7 Å². The molecule has 0 radical (unpaired) electrons. The van der Waals surface area contributed by atoms with Crippen LogP contribution >= 0.6 is 11.6 Å². The van der Waals surface area contributed by atoms with Crippen LogP contribution in [-0.2, 0) is 4.79 Å². The molecule has 0 fully saturated rings. The van der Waals surface area contributed by atoms with Gasteiger partial charge in [-0.2, -0.15) is 9.78 Å². The van der Waals surface area contributed by atoms with E-state index in [9.17, 15) is 19.7 Å². The lowest BCUT2D eigenvalue weighted by atomic mass is 10.2. The Labute approximate surface area is 154 Å². The first-order chi connectivity index (χ1) is 12.3. The molecule has 0 spiro atoms. The lowest BCUT2D eigenvalue weighted by Gasteiger charge is -2.11. The van der Waals surface area contributed by atoms with E-state index in [4.69, 9.17) is 11.6 Å². The third-order valence-electron chi connectivity index (χ3n) is 3.37. The van der Waals surface area contributed by atoms with E-state index < -0.39 is 10.5 Å². The van der Waals surface area contributed by atoms with Gasteiger partial charge in [0.05, 0.1) is 29.0 Å². The van der Waals surface area contributed by atoms with Crippen molar-refractivity contribution in [3.05, 3.63) is 56.0 Å². The Morgan fingerprint density at radius 1 is 1.35 bits per heavy atom. The van der Waals surface area contributed by atoms with Gasteiger partial charge in [0.1, 0.15) is 5.02 Å². The SMILES string of the molecule is CC(C)CNC(=O)CNc1cnn(-c2ccc([N+](=O)[O-])cc2)c(=O)c1Cl. The van der Waals surface area contributed by atoms with E-state index >= 15 is 0 Å². The van der Waals surface area contributed by atoms with Gasteiger partial charge >= 0.3 is 0 Å². The van der Waals surface area contributed by atoms with Crippen LogP contribution in [0.4, 0.5) is 11.4 Å². The molecule has 2 aromatic rings. The summed E-state index contributed by atoms with van der Waals surface area (Å²) in [5.74, 6) is 0.101. The van der Waals surface area contributed by atoms with Crippen LogP contribution in [0.15, 0.2) is 35.3 Å². The first-order valence-corrected chi connectivity index (χ1v) is 8.20. The van der Waals surface area contributed by atoms with Crippen LogP contribution in [0, 0.1) is 16.0 Å². The van der Waals surface area contributed by atoms with E-state index in [0.29, 0.717) is 18.2 Å². The normalized spacial score (nSPS) is 10.6. The Kier molecular flexibility index (Phi) is 6.29. The molecular formula is C16H18ClN5O4. The van der Waals surface area contributed by atoms with Crippen molar-refractivity contribution in [2.75, 3.05) is 18.4 Å². The number of aromatic nitrogens is 2. The monoisotopic (exact) mass is 379 g/mol. The zero-order valence-corrected chi connectivity index (χ0v) is 15.0. The molecule has 0 aliphatic rings. The number of nitrogens with zero attached hydrogens (tertiary/aromatic N) is 3. The van der Waals surface area contributed by atoms with E-state index in [1.165, 1.54) is 30.5 Å². The molecule has 1 aromatic carbocycles. The summed E-state index contributed by atoms with van der Waals surface area (Å²) in [5.41, 5.74) is -0.134.